The van der Waals surface area contributed by atoms with E-state index in [0.717, 1.165) is 33.3 Å². The first kappa shape index (κ1) is 15.1. The van der Waals surface area contributed by atoms with Crippen LogP contribution in [0, 0.1) is 0 Å². The molecule has 1 unspecified atom stereocenters. The average Bonchev–Trinajstić information content (AvgIpc) is 2.96. The molecule has 1 amide bonds. The normalized spacial score (nSPS) is 17.5. The Morgan fingerprint density at radius 3 is 2.83 bits per heavy atom. The molecule has 1 fully saturated rings. The minimum Gasteiger partial charge on any atom is -0.372 e. The van der Waals surface area contributed by atoms with Gasteiger partial charge in [0.15, 0.2) is 0 Å². The summed E-state index contributed by atoms with van der Waals surface area (Å²) in [5.74, 6) is 0.0864. The van der Waals surface area contributed by atoms with Crippen molar-refractivity contribution in [3.05, 3.63) is 59.3 Å². The van der Waals surface area contributed by atoms with Crippen LogP contribution in [-0.2, 0) is 4.79 Å². The number of carbonyl (C=O) groups excluding carboxylic acids is 1. The maximum absolute atomic E-state index is 12.7. The van der Waals surface area contributed by atoms with Crippen molar-refractivity contribution in [2.24, 2.45) is 0 Å². The molecule has 5 nitrogen and oxygen atoms in total. The van der Waals surface area contributed by atoms with Crippen LogP contribution in [0.5, 0.6) is 0 Å². The monoisotopic (exact) mass is 382 g/mol. The van der Waals surface area contributed by atoms with Crippen molar-refractivity contribution in [3.8, 4) is 0 Å². The summed E-state index contributed by atoms with van der Waals surface area (Å²) in [6.45, 7) is 0.711. The van der Waals surface area contributed by atoms with Gasteiger partial charge in [-0.2, -0.15) is 0 Å². The fraction of sp³-hybridized carbons (Fsp3) is 0.167. The molecule has 0 aliphatic carbocycles. The van der Waals surface area contributed by atoms with Crippen molar-refractivity contribution in [3.63, 3.8) is 0 Å². The van der Waals surface area contributed by atoms with E-state index in [9.17, 15) is 4.79 Å². The summed E-state index contributed by atoms with van der Waals surface area (Å²) in [5.41, 5.74) is 3.33. The molecule has 6 heteroatoms. The number of nitrogens with one attached hydrogen (secondary N) is 1. The third kappa shape index (κ3) is 2.73. The molecule has 1 aliphatic heterocycles. The van der Waals surface area contributed by atoms with Gasteiger partial charge >= 0.3 is 0 Å². The standard InChI is InChI=1S/C18H15BrN4O/c19-12-10-16-17(21-11-12)14(6-8-20-16)22-15-7-9-23(18(15)24)13-4-2-1-3-5-13/h1-6,8,10-11,15H,7,9H2,(H,20,22). The number of amides is 1. The van der Waals surface area contributed by atoms with Crippen LogP contribution in [0.25, 0.3) is 11.0 Å². The molecule has 0 bridgehead atoms. The summed E-state index contributed by atoms with van der Waals surface area (Å²) >= 11 is 3.40. The summed E-state index contributed by atoms with van der Waals surface area (Å²) in [7, 11) is 0. The van der Waals surface area contributed by atoms with Gasteiger partial charge in [0.05, 0.1) is 11.2 Å². The fourth-order valence-corrected chi connectivity index (χ4v) is 3.31. The van der Waals surface area contributed by atoms with Crippen LogP contribution in [0.4, 0.5) is 11.4 Å². The lowest BCUT2D eigenvalue weighted by molar-refractivity contribution is -0.117. The zero-order chi connectivity index (χ0) is 16.5. The maximum atomic E-state index is 12.7. The molecule has 0 radical (unpaired) electrons. The molecule has 1 N–H and O–H groups in total. The summed E-state index contributed by atoms with van der Waals surface area (Å²) in [6, 6.07) is 13.3. The van der Waals surface area contributed by atoms with Gasteiger partial charge in [0.1, 0.15) is 11.6 Å². The Labute approximate surface area is 147 Å². The minimum absolute atomic E-state index is 0.0864. The van der Waals surface area contributed by atoms with Crippen molar-refractivity contribution in [1.82, 2.24) is 9.97 Å². The molecule has 0 saturated carbocycles. The van der Waals surface area contributed by atoms with Crippen molar-refractivity contribution in [2.75, 3.05) is 16.8 Å². The summed E-state index contributed by atoms with van der Waals surface area (Å²) in [6.07, 6.45) is 4.23. The lowest BCUT2D eigenvalue weighted by Gasteiger charge is -2.18. The topological polar surface area (TPSA) is 58.1 Å². The van der Waals surface area contributed by atoms with E-state index in [2.05, 4.69) is 31.2 Å². The average molecular weight is 383 g/mol. The summed E-state index contributed by atoms with van der Waals surface area (Å²) < 4.78 is 0.881. The first-order valence-corrected chi connectivity index (χ1v) is 8.55. The zero-order valence-electron chi connectivity index (χ0n) is 12.8. The lowest BCUT2D eigenvalue weighted by atomic mass is 10.2. The highest BCUT2D eigenvalue weighted by Crippen LogP contribution is 2.26. The van der Waals surface area contributed by atoms with Crippen molar-refractivity contribution in [2.45, 2.75) is 12.5 Å². The van der Waals surface area contributed by atoms with E-state index in [0.29, 0.717) is 6.54 Å². The van der Waals surface area contributed by atoms with Gasteiger partial charge in [-0.3, -0.25) is 14.8 Å². The maximum Gasteiger partial charge on any atom is 0.249 e. The van der Waals surface area contributed by atoms with Gasteiger partial charge in [0.25, 0.3) is 0 Å². The Morgan fingerprint density at radius 2 is 2.00 bits per heavy atom. The second-order valence-corrected chi connectivity index (χ2v) is 6.61. The van der Waals surface area contributed by atoms with Gasteiger partial charge < -0.3 is 10.2 Å². The third-order valence-electron chi connectivity index (χ3n) is 4.15. The highest BCUT2D eigenvalue weighted by molar-refractivity contribution is 9.10. The number of carbonyl (C=O) groups is 1. The van der Waals surface area contributed by atoms with Crippen LogP contribution >= 0.6 is 15.9 Å². The van der Waals surface area contributed by atoms with Crippen molar-refractivity contribution < 1.29 is 4.79 Å². The Bertz CT molecular complexity index is 900. The number of anilines is 2. The first-order chi connectivity index (χ1) is 11.7. The smallest absolute Gasteiger partial charge is 0.249 e. The van der Waals surface area contributed by atoms with Crippen LogP contribution in [0.15, 0.2) is 59.3 Å². The Morgan fingerprint density at radius 1 is 1.17 bits per heavy atom. The number of fused-ring (bicyclic) bond motifs is 1. The van der Waals surface area contributed by atoms with Crippen LogP contribution in [0.2, 0.25) is 0 Å². The van der Waals surface area contributed by atoms with Gasteiger partial charge in [-0.05, 0) is 46.6 Å². The molecule has 1 saturated heterocycles. The van der Waals surface area contributed by atoms with Crippen LogP contribution in [-0.4, -0.2) is 28.5 Å². The Hall–Kier alpha value is -2.47. The quantitative estimate of drug-likeness (QED) is 0.751. The molecule has 1 atom stereocenters. The second-order valence-electron chi connectivity index (χ2n) is 5.69. The van der Waals surface area contributed by atoms with E-state index >= 15 is 0 Å². The number of halogens is 1. The van der Waals surface area contributed by atoms with Gasteiger partial charge in [0, 0.05) is 29.1 Å². The lowest BCUT2D eigenvalue weighted by Crippen LogP contribution is -2.33. The Kier molecular flexibility index (Phi) is 3.90. The second kappa shape index (κ2) is 6.20. The third-order valence-corrected chi connectivity index (χ3v) is 4.58. The van der Waals surface area contributed by atoms with E-state index in [4.69, 9.17) is 0 Å². The molecule has 24 heavy (non-hydrogen) atoms. The molecule has 1 aliphatic rings. The highest BCUT2D eigenvalue weighted by atomic mass is 79.9. The predicted molar refractivity (Wildman–Crippen MR) is 98.1 cm³/mol. The molecule has 0 spiro atoms. The van der Waals surface area contributed by atoms with Gasteiger partial charge in [-0.1, -0.05) is 18.2 Å². The van der Waals surface area contributed by atoms with E-state index in [1.54, 1.807) is 12.4 Å². The summed E-state index contributed by atoms with van der Waals surface area (Å²) in [5, 5.41) is 3.34. The highest BCUT2D eigenvalue weighted by Gasteiger charge is 2.32. The number of hydrogen-bond acceptors (Lipinski definition) is 4. The number of pyridine rings is 2. The number of rotatable bonds is 3. The number of para-hydroxylation sites is 1. The van der Waals surface area contributed by atoms with Crippen LogP contribution in [0.3, 0.4) is 0 Å². The summed E-state index contributed by atoms with van der Waals surface area (Å²) in [4.78, 5) is 23.3. The molecule has 3 heterocycles. The molecule has 3 aromatic rings. The van der Waals surface area contributed by atoms with E-state index in [-0.39, 0.29) is 11.9 Å². The Balaban J connectivity index is 1.60. The van der Waals surface area contributed by atoms with E-state index < -0.39 is 0 Å². The predicted octanol–water partition coefficient (Wildman–Crippen LogP) is 3.61. The number of nitrogens with zero attached hydrogens (tertiary/aromatic N) is 3. The largest absolute Gasteiger partial charge is 0.372 e. The number of benzene rings is 1. The van der Waals surface area contributed by atoms with Gasteiger partial charge in [-0.15, -0.1) is 0 Å². The van der Waals surface area contributed by atoms with E-state index in [1.807, 2.05) is 47.4 Å². The number of hydrogen-bond donors (Lipinski definition) is 1. The fourth-order valence-electron chi connectivity index (χ4n) is 2.99. The molecular weight excluding hydrogens is 368 g/mol. The van der Waals surface area contributed by atoms with Crippen LogP contribution < -0.4 is 10.2 Å². The zero-order valence-corrected chi connectivity index (χ0v) is 14.4. The van der Waals surface area contributed by atoms with Crippen LogP contribution in [0.1, 0.15) is 6.42 Å². The first-order valence-electron chi connectivity index (χ1n) is 7.75. The molecule has 120 valence electrons. The van der Waals surface area contributed by atoms with Gasteiger partial charge in [-0.25, -0.2) is 0 Å². The molecule has 1 aromatic carbocycles. The molecular formula is C18H15BrN4O. The SMILES string of the molecule is O=C1C(Nc2ccnc3cc(Br)cnc23)CCN1c1ccccc1. The van der Waals surface area contributed by atoms with E-state index in [1.165, 1.54) is 0 Å². The van der Waals surface area contributed by atoms with Crippen molar-refractivity contribution >= 4 is 44.2 Å². The number of aromatic nitrogens is 2. The minimum atomic E-state index is -0.249. The molecule has 4 rings (SSSR count). The van der Waals surface area contributed by atoms with Crippen molar-refractivity contribution in [1.29, 1.82) is 0 Å². The molecule has 2 aromatic heterocycles. The van der Waals surface area contributed by atoms with Gasteiger partial charge in [0.2, 0.25) is 5.91 Å².